The molecular weight excluding hydrogens is 233 g/mol. The van der Waals surface area contributed by atoms with Gasteiger partial charge in [0, 0.05) is 0 Å². The van der Waals surface area contributed by atoms with E-state index in [9.17, 15) is 0 Å². The van der Waals surface area contributed by atoms with E-state index < -0.39 is 0 Å². The number of rotatable bonds is 2. The van der Waals surface area contributed by atoms with Crippen LogP contribution in [0, 0.1) is 0 Å². The second-order valence-electron chi connectivity index (χ2n) is 2.15. The fourth-order valence-electron chi connectivity index (χ4n) is 0.764. The molecule has 1 rings (SSSR count). The molecule has 1 nitrogen and oxygen atoms in total. The van der Waals surface area contributed by atoms with E-state index in [1.807, 2.05) is 30.3 Å². The molecule has 1 radical (unpaired) electrons. The van der Waals surface area contributed by atoms with Gasteiger partial charge in [0.05, 0.1) is 0 Å². The van der Waals surface area contributed by atoms with Gasteiger partial charge in [0.2, 0.25) is 0 Å². The van der Waals surface area contributed by atoms with Gasteiger partial charge in [-0.1, -0.05) is 0 Å². The van der Waals surface area contributed by atoms with Crippen molar-refractivity contribution >= 4 is 37.4 Å². The summed E-state index contributed by atoms with van der Waals surface area (Å²) >= 11 is 4.66. The number of benzene rings is 1. The number of para-hydroxylation sites is 1. The van der Waals surface area contributed by atoms with Gasteiger partial charge in [0.1, 0.15) is 0 Å². The Balaban J connectivity index is 2.67. The number of aliphatic imine (C=N–C) groups is 1. The van der Waals surface area contributed by atoms with Crippen LogP contribution in [0.5, 0.6) is 0 Å². The van der Waals surface area contributed by atoms with Crippen LogP contribution in [0.25, 0.3) is 0 Å². The van der Waals surface area contributed by atoms with E-state index in [-0.39, 0.29) is 0 Å². The first-order valence-electron chi connectivity index (χ1n) is 3.76. The third kappa shape index (κ3) is 3.44. The molecule has 0 unspecified atom stereocenters. The van der Waals surface area contributed by atoms with Gasteiger partial charge in [-0.15, -0.1) is 0 Å². The van der Waals surface area contributed by atoms with Crippen molar-refractivity contribution in [1.82, 2.24) is 0 Å². The minimum atomic E-state index is 1.00. The maximum absolute atomic E-state index is 4.37. The fraction of sp³-hybridized carbons (Fsp3) is 0.222. The van der Waals surface area contributed by atoms with Crippen LogP contribution >= 0.6 is 11.8 Å². The topological polar surface area (TPSA) is 12.4 Å². The van der Waals surface area contributed by atoms with Crippen LogP contribution in [-0.4, -0.2) is 25.7 Å². The van der Waals surface area contributed by atoms with Crippen molar-refractivity contribution in [3.05, 3.63) is 30.3 Å². The predicted octanol–water partition coefficient (Wildman–Crippen LogP) is 2.60. The molecular formula is C9H10NSSe. The molecule has 0 saturated carbocycles. The molecule has 0 fully saturated rings. The van der Waals surface area contributed by atoms with Gasteiger partial charge < -0.3 is 0 Å². The number of hydrogen-bond donors (Lipinski definition) is 0. The van der Waals surface area contributed by atoms with Crippen molar-refractivity contribution in [2.24, 2.45) is 4.99 Å². The van der Waals surface area contributed by atoms with E-state index >= 15 is 0 Å². The average Bonchev–Trinajstić information content (AvgIpc) is 2.06. The van der Waals surface area contributed by atoms with E-state index in [2.05, 4.69) is 27.9 Å². The number of hydrogen-bond acceptors (Lipinski definition) is 2. The molecule has 0 N–H and O–H groups in total. The zero-order valence-corrected chi connectivity index (χ0v) is 9.39. The molecule has 1 aromatic carbocycles. The first-order valence-corrected chi connectivity index (χ1v) is 5.60. The standard InChI is InChI=1S/C9H10NSSe/c1-2-11-9(12)10-8-6-4-3-5-7-8/h3-7H,2H2,1H3. The van der Waals surface area contributed by atoms with Gasteiger partial charge >= 0.3 is 85.4 Å². The Hall–Kier alpha value is -0.241. The Bertz CT molecular complexity index is 258. The van der Waals surface area contributed by atoms with E-state index in [0.717, 1.165) is 15.4 Å². The zero-order valence-electron chi connectivity index (χ0n) is 6.86. The van der Waals surface area contributed by atoms with Crippen LogP contribution in [0.1, 0.15) is 6.92 Å². The monoisotopic (exact) mass is 244 g/mol. The molecule has 0 bridgehead atoms. The summed E-state index contributed by atoms with van der Waals surface area (Å²) in [5.74, 6) is 1.05. The van der Waals surface area contributed by atoms with Crippen molar-refractivity contribution in [2.45, 2.75) is 6.92 Å². The van der Waals surface area contributed by atoms with Crippen molar-refractivity contribution in [2.75, 3.05) is 5.75 Å². The van der Waals surface area contributed by atoms with Crippen molar-refractivity contribution in [1.29, 1.82) is 0 Å². The summed E-state index contributed by atoms with van der Waals surface area (Å²) in [6, 6.07) is 9.96. The molecule has 0 saturated heterocycles. The number of nitrogens with zero attached hydrogens (tertiary/aromatic N) is 1. The Morgan fingerprint density at radius 2 is 2.08 bits per heavy atom. The van der Waals surface area contributed by atoms with E-state index in [1.165, 1.54) is 0 Å². The fourth-order valence-corrected chi connectivity index (χ4v) is 2.14. The molecule has 3 heteroatoms. The molecule has 0 heterocycles. The molecule has 1 aromatic rings. The van der Waals surface area contributed by atoms with Crippen LogP contribution in [0.15, 0.2) is 35.3 Å². The summed E-state index contributed by atoms with van der Waals surface area (Å²) in [6.45, 7) is 2.11. The second kappa shape index (κ2) is 5.41. The van der Waals surface area contributed by atoms with E-state index in [0.29, 0.717) is 0 Å². The van der Waals surface area contributed by atoms with Crippen LogP contribution in [-0.2, 0) is 0 Å². The summed E-state index contributed by atoms with van der Waals surface area (Å²) in [5, 5.41) is 0. The van der Waals surface area contributed by atoms with Gasteiger partial charge in [-0.3, -0.25) is 0 Å². The Labute approximate surface area is 85.5 Å². The molecule has 0 aromatic heterocycles. The first-order chi connectivity index (χ1) is 5.83. The van der Waals surface area contributed by atoms with Crippen LogP contribution in [0.4, 0.5) is 5.69 Å². The van der Waals surface area contributed by atoms with Gasteiger partial charge in [0.25, 0.3) is 0 Å². The summed E-state index contributed by atoms with van der Waals surface area (Å²) in [6.07, 6.45) is 0. The number of thioether (sulfide) groups is 1. The van der Waals surface area contributed by atoms with Gasteiger partial charge in [-0.05, 0) is 0 Å². The average molecular weight is 243 g/mol. The summed E-state index contributed by atoms with van der Waals surface area (Å²) in [7, 11) is 0. The third-order valence-electron chi connectivity index (χ3n) is 1.24. The SMILES string of the molecule is CCSC([Se])=Nc1ccccc1. The first kappa shape index (κ1) is 9.84. The van der Waals surface area contributed by atoms with E-state index in [1.54, 1.807) is 11.8 Å². The molecule has 0 aliphatic heterocycles. The molecule has 0 aliphatic carbocycles. The summed E-state index contributed by atoms with van der Waals surface area (Å²) < 4.78 is 1.00. The molecule has 63 valence electrons. The van der Waals surface area contributed by atoms with Gasteiger partial charge in [-0.25, -0.2) is 0 Å². The maximum atomic E-state index is 4.37. The Morgan fingerprint density at radius 3 is 2.67 bits per heavy atom. The minimum absolute atomic E-state index is 1.00. The van der Waals surface area contributed by atoms with Crippen molar-refractivity contribution in [3.8, 4) is 0 Å². The second-order valence-corrected chi connectivity index (χ2v) is 4.79. The van der Waals surface area contributed by atoms with Crippen LogP contribution in [0.2, 0.25) is 0 Å². The molecule has 0 aliphatic rings. The zero-order chi connectivity index (χ0) is 8.81. The molecule has 12 heavy (non-hydrogen) atoms. The predicted molar refractivity (Wildman–Crippen MR) is 57.4 cm³/mol. The summed E-state index contributed by atoms with van der Waals surface area (Å²) in [4.78, 5) is 4.37. The third-order valence-corrected chi connectivity index (χ3v) is 2.80. The molecule has 0 atom stereocenters. The molecule has 0 amide bonds. The van der Waals surface area contributed by atoms with Crippen molar-refractivity contribution < 1.29 is 0 Å². The molecule has 0 spiro atoms. The quantitative estimate of drug-likeness (QED) is 0.442. The normalized spacial score (nSPS) is 11.6. The van der Waals surface area contributed by atoms with Gasteiger partial charge in [-0.2, -0.15) is 0 Å². The van der Waals surface area contributed by atoms with Crippen molar-refractivity contribution in [3.63, 3.8) is 0 Å². The van der Waals surface area contributed by atoms with E-state index in [4.69, 9.17) is 0 Å². The Kier molecular flexibility index (Phi) is 4.44. The van der Waals surface area contributed by atoms with Crippen LogP contribution in [0.3, 0.4) is 0 Å². The van der Waals surface area contributed by atoms with Gasteiger partial charge in [0.15, 0.2) is 0 Å². The Morgan fingerprint density at radius 1 is 1.42 bits per heavy atom. The van der Waals surface area contributed by atoms with Crippen LogP contribution < -0.4 is 0 Å². The summed E-state index contributed by atoms with van der Waals surface area (Å²) in [5.41, 5.74) is 1.01.